The molecule has 0 unspecified atom stereocenters. The predicted molar refractivity (Wildman–Crippen MR) is 126 cm³/mol. The van der Waals surface area contributed by atoms with Crippen LogP contribution in [-0.2, 0) is 4.74 Å². The van der Waals surface area contributed by atoms with Gasteiger partial charge in [0.05, 0.1) is 22.5 Å². The lowest BCUT2D eigenvalue weighted by atomic mass is 10.1. The number of hydrogen-bond donors (Lipinski definition) is 2. The molecule has 170 valence electrons. The molecule has 9 nitrogen and oxygen atoms in total. The molecule has 0 spiro atoms. The lowest BCUT2D eigenvalue weighted by Crippen LogP contribution is -2.14. The molecule has 2 amide bonds. The van der Waals surface area contributed by atoms with Gasteiger partial charge < -0.3 is 15.4 Å². The van der Waals surface area contributed by atoms with E-state index in [9.17, 15) is 24.5 Å². The standard InChI is InChI=1S/C22H18ClN3O6S/c1-11-15(23)5-4-6-16(11)24-20(28)18-12(2)17(22(29)32-3)21(33-18)25-19(27)13-7-9-14(10-8-13)26(30)31/h4-10H,1-3H3,(H,24,28)(H,25,27). The molecule has 2 N–H and O–H groups in total. The van der Waals surface area contributed by atoms with Crippen molar-refractivity contribution in [1.29, 1.82) is 0 Å². The van der Waals surface area contributed by atoms with E-state index < -0.39 is 22.7 Å². The van der Waals surface area contributed by atoms with Gasteiger partial charge in [0.15, 0.2) is 0 Å². The average molecular weight is 488 g/mol. The minimum atomic E-state index is -0.722. The van der Waals surface area contributed by atoms with Crippen LogP contribution >= 0.6 is 22.9 Å². The Bertz CT molecular complexity index is 1270. The van der Waals surface area contributed by atoms with E-state index in [1.165, 1.54) is 31.4 Å². The number of rotatable bonds is 6. The van der Waals surface area contributed by atoms with Crippen LogP contribution in [0.2, 0.25) is 5.02 Å². The number of halogens is 1. The zero-order chi connectivity index (χ0) is 24.3. The molecule has 0 bridgehead atoms. The molecule has 2 aromatic carbocycles. The fourth-order valence-corrected chi connectivity index (χ4v) is 4.26. The van der Waals surface area contributed by atoms with E-state index in [2.05, 4.69) is 10.6 Å². The molecule has 0 atom stereocenters. The number of non-ortho nitro benzene ring substituents is 1. The number of carbonyl (C=O) groups is 3. The monoisotopic (exact) mass is 487 g/mol. The van der Waals surface area contributed by atoms with Crippen molar-refractivity contribution < 1.29 is 24.0 Å². The number of hydrogen-bond acceptors (Lipinski definition) is 7. The first-order chi connectivity index (χ1) is 15.6. The van der Waals surface area contributed by atoms with Gasteiger partial charge in [0.1, 0.15) is 5.00 Å². The molecule has 0 aliphatic heterocycles. The lowest BCUT2D eigenvalue weighted by Gasteiger charge is -2.09. The van der Waals surface area contributed by atoms with Crippen molar-refractivity contribution in [2.75, 3.05) is 17.7 Å². The molecule has 3 rings (SSSR count). The Morgan fingerprint density at radius 2 is 1.67 bits per heavy atom. The highest BCUT2D eigenvalue weighted by Gasteiger charge is 2.27. The van der Waals surface area contributed by atoms with Gasteiger partial charge in [-0.3, -0.25) is 19.7 Å². The summed E-state index contributed by atoms with van der Waals surface area (Å²) >= 11 is 7.02. The van der Waals surface area contributed by atoms with Gasteiger partial charge in [-0.2, -0.15) is 0 Å². The maximum atomic E-state index is 13.0. The number of nitro benzene ring substituents is 1. The molecule has 0 aliphatic rings. The Balaban J connectivity index is 1.93. The summed E-state index contributed by atoms with van der Waals surface area (Å²) in [4.78, 5) is 48.5. The Labute approximate surface area is 197 Å². The normalized spacial score (nSPS) is 10.4. The van der Waals surface area contributed by atoms with Crippen molar-refractivity contribution in [2.24, 2.45) is 0 Å². The summed E-state index contributed by atoms with van der Waals surface area (Å²) in [6.07, 6.45) is 0. The molecule has 1 aromatic heterocycles. The highest BCUT2D eigenvalue weighted by atomic mass is 35.5. The van der Waals surface area contributed by atoms with Crippen LogP contribution in [0.3, 0.4) is 0 Å². The van der Waals surface area contributed by atoms with Crippen LogP contribution in [0.1, 0.15) is 41.5 Å². The van der Waals surface area contributed by atoms with Gasteiger partial charge >= 0.3 is 5.97 Å². The molecule has 0 aliphatic carbocycles. The van der Waals surface area contributed by atoms with Gasteiger partial charge in [-0.05, 0) is 49.2 Å². The van der Waals surface area contributed by atoms with Gasteiger partial charge in [0.2, 0.25) is 0 Å². The molecular formula is C22H18ClN3O6S. The number of esters is 1. The molecule has 3 aromatic rings. The van der Waals surface area contributed by atoms with E-state index >= 15 is 0 Å². The highest BCUT2D eigenvalue weighted by molar-refractivity contribution is 7.19. The Hall–Kier alpha value is -3.76. The maximum Gasteiger partial charge on any atom is 0.341 e. The van der Waals surface area contributed by atoms with Crippen LogP contribution in [0.15, 0.2) is 42.5 Å². The summed E-state index contributed by atoms with van der Waals surface area (Å²) in [7, 11) is 1.19. The topological polar surface area (TPSA) is 128 Å². The van der Waals surface area contributed by atoms with Gasteiger partial charge in [0.25, 0.3) is 17.5 Å². The van der Waals surface area contributed by atoms with Crippen molar-refractivity contribution in [1.82, 2.24) is 0 Å². The molecule has 1 heterocycles. The summed E-state index contributed by atoms with van der Waals surface area (Å²) < 4.78 is 4.83. The smallest absolute Gasteiger partial charge is 0.341 e. The fourth-order valence-electron chi connectivity index (χ4n) is 3.00. The lowest BCUT2D eigenvalue weighted by molar-refractivity contribution is -0.384. The Morgan fingerprint density at radius 1 is 1.00 bits per heavy atom. The Morgan fingerprint density at radius 3 is 2.27 bits per heavy atom. The summed E-state index contributed by atoms with van der Waals surface area (Å²) in [5, 5.41) is 16.8. The van der Waals surface area contributed by atoms with E-state index in [0.29, 0.717) is 21.8 Å². The van der Waals surface area contributed by atoms with Gasteiger partial charge in [-0.15, -0.1) is 11.3 Å². The number of nitro groups is 1. The minimum absolute atomic E-state index is 0.0470. The van der Waals surface area contributed by atoms with Crippen LogP contribution in [-0.4, -0.2) is 29.8 Å². The second-order valence-corrected chi connectivity index (χ2v) is 8.30. The maximum absolute atomic E-state index is 13.0. The number of amides is 2. The van der Waals surface area contributed by atoms with Crippen LogP contribution in [0, 0.1) is 24.0 Å². The molecule has 0 radical (unpaired) electrons. The molecule has 33 heavy (non-hydrogen) atoms. The molecule has 0 saturated carbocycles. The second-order valence-electron chi connectivity index (χ2n) is 6.88. The van der Waals surface area contributed by atoms with E-state index in [1.807, 2.05) is 0 Å². The van der Waals surface area contributed by atoms with E-state index in [0.717, 1.165) is 11.3 Å². The number of methoxy groups -OCH3 is 1. The van der Waals surface area contributed by atoms with E-state index in [4.69, 9.17) is 16.3 Å². The third-order valence-corrected chi connectivity index (χ3v) is 6.44. The van der Waals surface area contributed by atoms with Crippen LogP contribution in [0.25, 0.3) is 0 Å². The first kappa shape index (κ1) is 23.9. The summed E-state index contributed by atoms with van der Waals surface area (Å²) in [6, 6.07) is 10.1. The summed E-state index contributed by atoms with van der Waals surface area (Å²) in [6.45, 7) is 3.33. The molecular weight excluding hydrogens is 470 g/mol. The molecule has 0 saturated heterocycles. The summed E-state index contributed by atoms with van der Waals surface area (Å²) in [5.41, 5.74) is 1.55. The SMILES string of the molecule is COC(=O)c1c(NC(=O)c2ccc([N+](=O)[O-])cc2)sc(C(=O)Nc2cccc(Cl)c2C)c1C. The number of carbonyl (C=O) groups excluding carboxylic acids is 3. The predicted octanol–water partition coefficient (Wildman–Crippen LogP) is 5.22. The number of ether oxygens (including phenoxy) is 1. The van der Waals surface area contributed by atoms with Crippen molar-refractivity contribution >= 4 is 57.1 Å². The van der Waals surface area contributed by atoms with Crippen LogP contribution in [0.4, 0.5) is 16.4 Å². The largest absolute Gasteiger partial charge is 0.465 e. The van der Waals surface area contributed by atoms with E-state index in [1.54, 1.807) is 32.0 Å². The third-order valence-electron chi connectivity index (χ3n) is 4.83. The zero-order valence-electron chi connectivity index (χ0n) is 17.7. The fraction of sp³-hybridized carbons (Fsp3) is 0.136. The third kappa shape index (κ3) is 5.02. The minimum Gasteiger partial charge on any atom is -0.465 e. The molecule has 0 fully saturated rings. The number of nitrogens with one attached hydrogen (secondary N) is 2. The number of anilines is 2. The molecule has 11 heteroatoms. The Kier molecular flexibility index (Phi) is 7.10. The van der Waals surface area contributed by atoms with Gasteiger partial charge in [0, 0.05) is 28.4 Å². The van der Waals surface area contributed by atoms with Crippen LogP contribution in [0.5, 0.6) is 0 Å². The van der Waals surface area contributed by atoms with Crippen molar-refractivity contribution in [2.45, 2.75) is 13.8 Å². The number of benzene rings is 2. The highest BCUT2D eigenvalue weighted by Crippen LogP contribution is 2.35. The van der Waals surface area contributed by atoms with Gasteiger partial charge in [-0.25, -0.2) is 4.79 Å². The number of nitrogens with zero attached hydrogens (tertiary/aromatic N) is 1. The second kappa shape index (κ2) is 9.80. The number of thiophene rings is 1. The van der Waals surface area contributed by atoms with Crippen molar-refractivity contribution in [3.8, 4) is 0 Å². The van der Waals surface area contributed by atoms with Crippen LogP contribution < -0.4 is 10.6 Å². The summed E-state index contributed by atoms with van der Waals surface area (Å²) in [5.74, 6) is -1.81. The van der Waals surface area contributed by atoms with Gasteiger partial charge in [-0.1, -0.05) is 17.7 Å². The first-order valence-electron chi connectivity index (χ1n) is 9.48. The van der Waals surface area contributed by atoms with E-state index in [-0.39, 0.29) is 26.7 Å². The van der Waals surface area contributed by atoms with Crippen molar-refractivity contribution in [3.63, 3.8) is 0 Å². The van der Waals surface area contributed by atoms with Crippen molar-refractivity contribution in [3.05, 3.63) is 84.7 Å². The quantitative estimate of drug-likeness (QED) is 0.279. The average Bonchev–Trinajstić information content (AvgIpc) is 3.12. The zero-order valence-corrected chi connectivity index (χ0v) is 19.3. The first-order valence-corrected chi connectivity index (χ1v) is 10.7.